The van der Waals surface area contributed by atoms with Crippen LogP contribution in [0.3, 0.4) is 0 Å². The zero-order valence-corrected chi connectivity index (χ0v) is 10.5. The molecule has 0 unspecified atom stereocenters. The summed E-state index contributed by atoms with van der Waals surface area (Å²) in [5, 5.41) is 0. The van der Waals surface area contributed by atoms with Crippen LogP contribution in [0.4, 0.5) is 17.6 Å². The van der Waals surface area contributed by atoms with Crippen molar-refractivity contribution in [3.8, 4) is 23.1 Å². The Hall–Kier alpha value is -2.35. The molecule has 1 aromatic heterocycles. The largest absolute Gasteiger partial charge is 0.252 e. The van der Waals surface area contributed by atoms with Gasteiger partial charge in [-0.3, -0.25) is 4.98 Å². The number of hydrogen-bond donors (Lipinski definition) is 0. The lowest BCUT2D eigenvalue weighted by Crippen LogP contribution is -1.97. The molecule has 2 aromatic rings. The highest BCUT2D eigenvalue weighted by Crippen LogP contribution is 2.25. The minimum absolute atomic E-state index is 0.0919. The first-order valence-electron chi connectivity index (χ1n) is 5.69. The SMILES string of the molecule is CC#Cc1cnc(-c2cc(F)c(CF)c(F)c2)c(F)c1. The Morgan fingerprint density at radius 3 is 2.20 bits per heavy atom. The molecule has 0 N–H and O–H groups in total. The van der Waals surface area contributed by atoms with E-state index in [2.05, 4.69) is 16.8 Å². The summed E-state index contributed by atoms with van der Waals surface area (Å²) in [6.07, 6.45) is 1.30. The molecule has 1 nitrogen and oxygen atoms in total. The molecule has 0 bridgehead atoms. The monoisotopic (exact) mass is 279 g/mol. The van der Waals surface area contributed by atoms with Gasteiger partial charge in [-0.15, -0.1) is 5.92 Å². The average Bonchev–Trinajstić information content (AvgIpc) is 2.38. The third-order valence-corrected chi connectivity index (χ3v) is 2.66. The fourth-order valence-corrected chi connectivity index (χ4v) is 1.73. The summed E-state index contributed by atoms with van der Waals surface area (Å²) in [4.78, 5) is 3.80. The number of alkyl halides is 1. The van der Waals surface area contributed by atoms with Crippen molar-refractivity contribution >= 4 is 0 Å². The lowest BCUT2D eigenvalue weighted by atomic mass is 10.1. The van der Waals surface area contributed by atoms with Crippen LogP contribution in [0.2, 0.25) is 0 Å². The molecule has 102 valence electrons. The van der Waals surface area contributed by atoms with Crippen molar-refractivity contribution in [2.24, 2.45) is 0 Å². The number of pyridine rings is 1. The van der Waals surface area contributed by atoms with Gasteiger partial charge in [-0.25, -0.2) is 17.6 Å². The van der Waals surface area contributed by atoms with Gasteiger partial charge in [0.25, 0.3) is 0 Å². The molecule has 2 rings (SSSR count). The van der Waals surface area contributed by atoms with E-state index < -0.39 is 29.7 Å². The van der Waals surface area contributed by atoms with Crippen LogP contribution in [0.5, 0.6) is 0 Å². The summed E-state index contributed by atoms with van der Waals surface area (Å²) < 4.78 is 53.2. The van der Waals surface area contributed by atoms with E-state index in [-0.39, 0.29) is 11.3 Å². The van der Waals surface area contributed by atoms with E-state index in [1.807, 2.05) is 0 Å². The third kappa shape index (κ3) is 2.64. The average molecular weight is 279 g/mol. The zero-order chi connectivity index (χ0) is 14.7. The van der Waals surface area contributed by atoms with Gasteiger partial charge in [-0.1, -0.05) is 5.92 Å². The highest BCUT2D eigenvalue weighted by atomic mass is 19.1. The van der Waals surface area contributed by atoms with Gasteiger partial charge in [0, 0.05) is 17.3 Å². The molecular formula is C15H9F4N. The first kappa shape index (κ1) is 14.1. The van der Waals surface area contributed by atoms with Gasteiger partial charge in [0.05, 0.1) is 5.56 Å². The van der Waals surface area contributed by atoms with E-state index in [1.54, 1.807) is 6.92 Å². The maximum atomic E-state index is 13.9. The van der Waals surface area contributed by atoms with Crippen LogP contribution in [0.1, 0.15) is 18.1 Å². The standard InChI is InChI=1S/C15H9F4N/c1-2-3-9-4-14(19)15(20-8-9)10-5-12(17)11(7-16)13(18)6-10/h4-6,8H,7H2,1H3. The maximum Gasteiger partial charge on any atom is 0.150 e. The van der Waals surface area contributed by atoms with Gasteiger partial charge in [0.2, 0.25) is 0 Å². The smallest absolute Gasteiger partial charge is 0.150 e. The van der Waals surface area contributed by atoms with Crippen molar-refractivity contribution < 1.29 is 17.6 Å². The number of nitrogens with zero attached hydrogens (tertiary/aromatic N) is 1. The Balaban J connectivity index is 2.54. The molecule has 5 heteroatoms. The van der Waals surface area contributed by atoms with E-state index in [4.69, 9.17) is 0 Å². The number of hydrogen-bond acceptors (Lipinski definition) is 1. The number of rotatable bonds is 2. The highest BCUT2D eigenvalue weighted by Gasteiger charge is 2.15. The zero-order valence-electron chi connectivity index (χ0n) is 10.5. The Bertz CT molecular complexity index is 691. The minimum Gasteiger partial charge on any atom is -0.252 e. The molecule has 0 amide bonds. The molecule has 0 radical (unpaired) electrons. The van der Waals surface area contributed by atoms with Crippen molar-refractivity contribution in [3.05, 3.63) is 53.0 Å². The van der Waals surface area contributed by atoms with E-state index >= 15 is 0 Å². The van der Waals surface area contributed by atoms with Gasteiger partial charge in [0.1, 0.15) is 24.0 Å². The Morgan fingerprint density at radius 1 is 1.05 bits per heavy atom. The van der Waals surface area contributed by atoms with Crippen LogP contribution in [-0.2, 0) is 6.67 Å². The predicted molar refractivity (Wildman–Crippen MR) is 66.9 cm³/mol. The van der Waals surface area contributed by atoms with Crippen LogP contribution in [0, 0.1) is 29.3 Å². The van der Waals surface area contributed by atoms with Gasteiger partial charge in [-0.05, 0) is 25.1 Å². The molecule has 20 heavy (non-hydrogen) atoms. The van der Waals surface area contributed by atoms with Crippen molar-refractivity contribution in [2.75, 3.05) is 0 Å². The number of aromatic nitrogens is 1. The van der Waals surface area contributed by atoms with Crippen LogP contribution >= 0.6 is 0 Å². The number of benzene rings is 1. The topological polar surface area (TPSA) is 12.9 Å². The minimum atomic E-state index is -1.26. The summed E-state index contributed by atoms with van der Waals surface area (Å²) in [6, 6.07) is 2.83. The normalized spacial score (nSPS) is 10.1. The molecule has 0 fully saturated rings. The van der Waals surface area contributed by atoms with E-state index in [0.29, 0.717) is 5.56 Å². The van der Waals surface area contributed by atoms with Crippen LogP contribution in [0.15, 0.2) is 24.4 Å². The summed E-state index contributed by atoms with van der Waals surface area (Å²) >= 11 is 0. The van der Waals surface area contributed by atoms with Crippen LogP contribution < -0.4 is 0 Å². The molecule has 0 spiro atoms. The molecule has 0 saturated carbocycles. The van der Waals surface area contributed by atoms with Crippen molar-refractivity contribution in [1.29, 1.82) is 0 Å². The van der Waals surface area contributed by atoms with Gasteiger partial charge >= 0.3 is 0 Å². The van der Waals surface area contributed by atoms with E-state index in [1.165, 1.54) is 6.20 Å². The lowest BCUT2D eigenvalue weighted by molar-refractivity contribution is 0.440. The van der Waals surface area contributed by atoms with Gasteiger partial charge in [0.15, 0.2) is 5.82 Å². The van der Waals surface area contributed by atoms with E-state index in [0.717, 1.165) is 18.2 Å². The van der Waals surface area contributed by atoms with Crippen LogP contribution in [0.25, 0.3) is 11.3 Å². The molecule has 0 aliphatic heterocycles. The van der Waals surface area contributed by atoms with E-state index in [9.17, 15) is 17.6 Å². The van der Waals surface area contributed by atoms with Gasteiger partial charge in [-0.2, -0.15) is 0 Å². The van der Waals surface area contributed by atoms with Crippen molar-refractivity contribution in [3.63, 3.8) is 0 Å². The Kier molecular flexibility index (Phi) is 4.04. The maximum absolute atomic E-state index is 13.9. The fraction of sp³-hybridized carbons (Fsp3) is 0.133. The quantitative estimate of drug-likeness (QED) is 0.598. The third-order valence-electron chi connectivity index (χ3n) is 2.66. The second-order valence-electron chi connectivity index (χ2n) is 3.98. The summed E-state index contributed by atoms with van der Waals surface area (Å²) in [6.45, 7) is 0.325. The molecule has 1 aromatic carbocycles. The molecule has 0 aliphatic rings. The molecule has 1 heterocycles. The first-order valence-corrected chi connectivity index (χ1v) is 5.69. The predicted octanol–water partition coefficient (Wildman–Crippen LogP) is 4.01. The van der Waals surface area contributed by atoms with Crippen LogP contribution in [-0.4, -0.2) is 4.98 Å². The van der Waals surface area contributed by atoms with Crippen molar-refractivity contribution in [2.45, 2.75) is 13.6 Å². The fourth-order valence-electron chi connectivity index (χ4n) is 1.73. The first-order chi connectivity index (χ1) is 9.56. The second-order valence-corrected chi connectivity index (χ2v) is 3.98. The summed E-state index contributed by atoms with van der Waals surface area (Å²) in [7, 11) is 0. The summed E-state index contributed by atoms with van der Waals surface area (Å²) in [5.74, 6) is 2.31. The molecule has 0 atom stereocenters. The molecule has 0 saturated heterocycles. The Morgan fingerprint density at radius 2 is 1.70 bits per heavy atom. The Labute approximate surface area is 113 Å². The second kappa shape index (κ2) is 5.74. The van der Waals surface area contributed by atoms with Gasteiger partial charge < -0.3 is 0 Å². The van der Waals surface area contributed by atoms with Crippen molar-refractivity contribution in [1.82, 2.24) is 4.98 Å². The highest BCUT2D eigenvalue weighted by molar-refractivity contribution is 5.61. The molecular weight excluding hydrogens is 270 g/mol. The molecule has 0 aliphatic carbocycles. The summed E-state index contributed by atoms with van der Waals surface area (Å²) in [5.41, 5.74) is -0.627. The lowest BCUT2D eigenvalue weighted by Gasteiger charge is -2.06. The number of halogens is 4.